The van der Waals surface area contributed by atoms with Gasteiger partial charge in [-0.2, -0.15) is 0 Å². The lowest BCUT2D eigenvalue weighted by Gasteiger charge is -2.19. The summed E-state index contributed by atoms with van der Waals surface area (Å²) in [5.74, 6) is 0.154. The highest BCUT2D eigenvalue weighted by molar-refractivity contribution is 5.17. The Bertz CT molecular complexity index is 274. The SMILES string of the molecule is CC(CCOCCO)C(O)c1ccccc1. The standard InChI is InChI=1S/C13H20O3/c1-11(7-9-16-10-8-14)13(15)12-5-3-2-4-6-12/h2-6,11,13-15H,7-10H2,1H3. The van der Waals surface area contributed by atoms with Gasteiger partial charge < -0.3 is 14.9 Å². The summed E-state index contributed by atoms with van der Waals surface area (Å²) in [5, 5.41) is 18.6. The molecule has 1 rings (SSSR count). The second kappa shape index (κ2) is 7.39. The maximum atomic E-state index is 10.0. The molecule has 0 radical (unpaired) electrons. The van der Waals surface area contributed by atoms with E-state index in [1.165, 1.54) is 0 Å². The molecular formula is C13H20O3. The summed E-state index contributed by atoms with van der Waals surface area (Å²) in [6.07, 6.45) is 0.342. The molecule has 0 bridgehead atoms. The molecule has 2 atom stereocenters. The van der Waals surface area contributed by atoms with Gasteiger partial charge in [0.2, 0.25) is 0 Å². The normalized spacial score (nSPS) is 14.7. The first-order valence-corrected chi connectivity index (χ1v) is 5.67. The van der Waals surface area contributed by atoms with Crippen LogP contribution < -0.4 is 0 Å². The summed E-state index contributed by atoms with van der Waals surface area (Å²) >= 11 is 0. The molecule has 0 aromatic heterocycles. The van der Waals surface area contributed by atoms with E-state index in [0.29, 0.717) is 13.2 Å². The second-order valence-corrected chi connectivity index (χ2v) is 3.96. The number of ether oxygens (including phenoxy) is 1. The van der Waals surface area contributed by atoms with Crippen molar-refractivity contribution in [2.75, 3.05) is 19.8 Å². The predicted molar refractivity (Wildman–Crippen MR) is 63.1 cm³/mol. The van der Waals surface area contributed by atoms with E-state index in [9.17, 15) is 5.11 Å². The Kier molecular flexibility index (Phi) is 6.08. The van der Waals surface area contributed by atoms with Gasteiger partial charge in [-0.05, 0) is 17.9 Å². The molecule has 0 aliphatic carbocycles. The van der Waals surface area contributed by atoms with Crippen molar-refractivity contribution in [2.45, 2.75) is 19.4 Å². The van der Waals surface area contributed by atoms with Crippen molar-refractivity contribution in [3.05, 3.63) is 35.9 Å². The molecule has 1 aromatic rings. The molecule has 16 heavy (non-hydrogen) atoms. The van der Waals surface area contributed by atoms with Crippen molar-refractivity contribution >= 4 is 0 Å². The zero-order chi connectivity index (χ0) is 11.8. The fourth-order valence-corrected chi connectivity index (χ4v) is 1.57. The molecule has 0 aliphatic heterocycles. The predicted octanol–water partition coefficient (Wildman–Crippen LogP) is 1.76. The molecular weight excluding hydrogens is 204 g/mol. The maximum Gasteiger partial charge on any atom is 0.0816 e. The molecule has 3 heteroatoms. The van der Waals surface area contributed by atoms with Crippen LogP contribution in [0.1, 0.15) is 25.0 Å². The third-order valence-corrected chi connectivity index (χ3v) is 2.63. The summed E-state index contributed by atoms with van der Waals surface area (Å²) in [7, 11) is 0. The minimum atomic E-state index is -0.445. The van der Waals surface area contributed by atoms with Crippen LogP contribution >= 0.6 is 0 Å². The van der Waals surface area contributed by atoms with E-state index in [0.717, 1.165) is 12.0 Å². The van der Waals surface area contributed by atoms with Crippen LogP contribution in [0, 0.1) is 5.92 Å². The molecule has 1 aromatic carbocycles. The Hall–Kier alpha value is -0.900. The van der Waals surface area contributed by atoms with Crippen LogP contribution in [0.15, 0.2) is 30.3 Å². The van der Waals surface area contributed by atoms with Crippen molar-refractivity contribution in [1.29, 1.82) is 0 Å². The van der Waals surface area contributed by atoms with Crippen molar-refractivity contribution in [1.82, 2.24) is 0 Å². The molecule has 2 unspecified atom stereocenters. The van der Waals surface area contributed by atoms with Crippen molar-refractivity contribution in [3.8, 4) is 0 Å². The largest absolute Gasteiger partial charge is 0.394 e. The van der Waals surface area contributed by atoms with Crippen molar-refractivity contribution in [3.63, 3.8) is 0 Å². The monoisotopic (exact) mass is 224 g/mol. The maximum absolute atomic E-state index is 10.0. The highest BCUT2D eigenvalue weighted by Gasteiger charge is 2.15. The third kappa shape index (κ3) is 4.31. The molecule has 0 heterocycles. The summed E-state index contributed by atoms with van der Waals surface area (Å²) < 4.78 is 5.18. The van der Waals surface area contributed by atoms with Gasteiger partial charge in [-0.25, -0.2) is 0 Å². The molecule has 3 nitrogen and oxygen atoms in total. The summed E-state index contributed by atoms with van der Waals surface area (Å²) in [5.41, 5.74) is 0.942. The van der Waals surface area contributed by atoms with Gasteiger partial charge >= 0.3 is 0 Å². The van der Waals surface area contributed by atoms with Crippen molar-refractivity contribution < 1.29 is 14.9 Å². The molecule has 90 valence electrons. The van der Waals surface area contributed by atoms with Gasteiger partial charge in [0.05, 0.1) is 19.3 Å². The first-order valence-electron chi connectivity index (χ1n) is 5.67. The molecule has 0 saturated heterocycles. The molecule has 0 saturated carbocycles. The number of hydrogen-bond donors (Lipinski definition) is 2. The topological polar surface area (TPSA) is 49.7 Å². The minimum Gasteiger partial charge on any atom is -0.394 e. The summed E-state index contributed by atoms with van der Waals surface area (Å²) in [4.78, 5) is 0. The van der Waals surface area contributed by atoms with Gasteiger partial charge in [-0.1, -0.05) is 37.3 Å². The average molecular weight is 224 g/mol. The van der Waals surface area contributed by atoms with Gasteiger partial charge in [-0.15, -0.1) is 0 Å². The number of rotatable bonds is 7. The fraction of sp³-hybridized carbons (Fsp3) is 0.538. The summed E-state index contributed by atoms with van der Waals surface area (Å²) in [6.45, 7) is 3.00. The average Bonchev–Trinajstić information content (AvgIpc) is 2.34. The second-order valence-electron chi connectivity index (χ2n) is 3.96. The Balaban J connectivity index is 2.33. The van der Waals surface area contributed by atoms with Gasteiger partial charge in [0.25, 0.3) is 0 Å². The highest BCUT2D eigenvalue weighted by atomic mass is 16.5. The van der Waals surface area contributed by atoms with E-state index in [-0.39, 0.29) is 12.5 Å². The number of hydrogen-bond acceptors (Lipinski definition) is 3. The molecule has 0 amide bonds. The van der Waals surface area contributed by atoms with Crippen molar-refractivity contribution in [2.24, 2.45) is 5.92 Å². The third-order valence-electron chi connectivity index (χ3n) is 2.63. The van der Waals surface area contributed by atoms with Crippen LogP contribution in [0.4, 0.5) is 0 Å². The molecule has 0 aliphatic rings. The fourth-order valence-electron chi connectivity index (χ4n) is 1.57. The smallest absolute Gasteiger partial charge is 0.0816 e. The van der Waals surface area contributed by atoms with Gasteiger partial charge in [0.15, 0.2) is 0 Å². The lowest BCUT2D eigenvalue weighted by molar-refractivity contribution is 0.0566. The van der Waals surface area contributed by atoms with E-state index in [1.807, 2.05) is 37.3 Å². The zero-order valence-corrected chi connectivity index (χ0v) is 9.67. The molecule has 2 N–H and O–H groups in total. The van der Waals surface area contributed by atoms with Gasteiger partial charge in [-0.3, -0.25) is 0 Å². The minimum absolute atomic E-state index is 0.0512. The van der Waals surface area contributed by atoms with E-state index in [2.05, 4.69) is 0 Å². The van der Waals surface area contributed by atoms with Crippen LogP contribution in [0.5, 0.6) is 0 Å². The van der Waals surface area contributed by atoms with E-state index in [4.69, 9.17) is 9.84 Å². The van der Waals surface area contributed by atoms with E-state index in [1.54, 1.807) is 0 Å². The van der Waals surface area contributed by atoms with Crippen LogP contribution in [-0.4, -0.2) is 30.0 Å². The highest BCUT2D eigenvalue weighted by Crippen LogP contribution is 2.23. The van der Waals surface area contributed by atoms with Crippen LogP contribution in [-0.2, 0) is 4.74 Å². The Labute approximate surface area is 96.7 Å². The lowest BCUT2D eigenvalue weighted by atomic mass is 9.95. The number of aliphatic hydroxyl groups is 2. The first kappa shape index (κ1) is 13.2. The van der Waals surface area contributed by atoms with Crippen LogP contribution in [0.3, 0.4) is 0 Å². The quantitative estimate of drug-likeness (QED) is 0.694. The summed E-state index contributed by atoms with van der Waals surface area (Å²) in [6, 6.07) is 9.64. The number of benzene rings is 1. The van der Waals surface area contributed by atoms with Crippen LogP contribution in [0.25, 0.3) is 0 Å². The lowest BCUT2D eigenvalue weighted by Crippen LogP contribution is -2.12. The Morgan fingerprint density at radius 1 is 1.19 bits per heavy atom. The van der Waals surface area contributed by atoms with Gasteiger partial charge in [0.1, 0.15) is 0 Å². The van der Waals surface area contributed by atoms with E-state index >= 15 is 0 Å². The Morgan fingerprint density at radius 2 is 1.88 bits per heavy atom. The first-order chi connectivity index (χ1) is 7.75. The molecule has 0 spiro atoms. The van der Waals surface area contributed by atoms with E-state index < -0.39 is 6.10 Å². The Morgan fingerprint density at radius 3 is 2.50 bits per heavy atom. The zero-order valence-electron chi connectivity index (χ0n) is 9.67. The molecule has 0 fully saturated rings. The van der Waals surface area contributed by atoms with Crippen LogP contribution in [0.2, 0.25) is 0 Å². The number of aliphatic hydroxyl groups excluding tert-OH is 2. The van der Waals surface area contributed by atoms with Gasteiger partial charge in [0, 0.05) is 6.61 Å².